The standard InChI is InChI=1S/C19H25FN2O4/c20-15-3-1-2-13(8-15)9-21-18(23)22-10-14-11-26-7-5-19(14,24)16-12-25-6-4-17(16)22/h1-3,8,14,16-17,24H,4-7,9-12H2,(H,21,23)/t14-,16+,17-,19-/m0/s1. The summed E-state index contributed by atoms with van der Waals surface area (Å²) >= 11 is 0. The van der Waals surface area contributed by atoms with Gasteiger partial charge < -0.3 is 24.8 Å². The Kier molecular flexibility index (Phi) is 4.86. The van der Waals surface area contributed by atoms with Gasteiger partial charge in [0.25, 0.3) is 0 Å². The number of nitrogens with zero attached hydrogens (tertiary/aromatic N) is 1. The van der Waals surface area contributed by atoms with E-state index in [9.17, 15) is 14.3 Å². The highest BCUT2D eigenvalue weighted by atomic mass is 19.1. The van der Waals surface area contributed by atoms with Crippen LogP contribution in [0, 0.1) is 17.7 Å². The van der Waals surface area contributed by atoms with Crippen molar-refractivity contribution in [1.82, 2.24) is 10.2 Å². The Balaban J connectivity index is 1.48. The Morgan fingerprint density at radius 1 is 1.35 bits per heavy atom. The number of ether oxygens (including phenoxy) is 2. The highest BCUT2D eigenvalue weighted by molar-refractivity contribution is 5.75. The van der Waals surface area contributed by atoms with Crippen LogP contribution in [0.25, 0.3) is 0 Å². The highest BCUT2D eigenvalue weighted by Gasteiger charge is 2.56. The van der Waals surface area contributed by atoms with E-state index < -0.39 is 5.60 Å². The minimum atomic E-state index is -0.831. The Labute approximate surface area is 152 Å². The number of urea groups is 1. The first-order valence-electron chi connectivity index (χ1n) is 9.25. The van der Waals surface area contributed by atoms with E-state index in [1.807, 2.05) is 4.90 Å². The van der Waals surface area contributed by atoms with Crippen LogP contribution in [0.4, 0.5) is 9.18 Å². The molecule has 1 aromatic carbocycles. The van der Waals surface area contributed by atoms with Crippen LogP contribution >= 0.6 is 0 Å². The zero-order chi connectivity index (χ0) is 18.1. The van der Waals surface area contributed by atoms with E-state index in [0.29, 0.717) is 45.8 Å². The number of benzene rings is 1. The second-order valence-corrected chi connectivity index (χ2v) is 7.49. The molecule has 0 spiro atoms. The second kappa shape index (κ2) is 7.13. The summed E-state index contributed by atoms with van der Waals surface area (Å²) in [5.74, 6) is -0.526. The molecule has 2 N–H and O–H groups in total. The number of likely N-dealkylation sites (tertiary alicyclic amines) is 1. The van der Waals surface area contributed by atoms with E-state index in [1.54, 1.807) is 12.1 Å². The van der Waals surface area contributed by atoms with Crippen molar-refractivity contribution in [1.29, 1.82) is 0 Å². The summed E-state index contributed by atoms with van der Waals surface area (Å²) in [5, 5.41) is 14.2. The first-order chi connectivity index (χ1) is 12.6. The van der Waals surface area contributed by atoms with E-state index in [2.05, 4.69) is 5.32 Å². The van der Waals surface area contributed by atoms with Crippen molar-refractivity contribution < 1.29 is 23.8 Å². The maximum absolute atomic E-state index is 13.3. The van der Waals surface area contributed by atoms with Gasteiger partial charge >= 0.3 is 6.03 Å². The molecule has 3 aliphatic heterocycles. The molecule has 0 aromatic heterocycles. The molecule has 3 heterocycles. The van der Waals surface area contributed by atoms with Crippen LogP contribution in [0.5, 0.6) is 0 Å². The zero-order valence-electron chi connectivity index (χ0n) is 14.7. The lowest BCUT2D eigenvalue weighted by Crippen LogP contribution is -2.69. The van der Waals surface area contributed by atoms with Crippen LogP contribution in [-0.2, 0) is 16.0 Å². The van der Waals surface area contributed by atoms with Crippen LogP contribution < -0.4 is 5.32 Å². The van der Waals surface area contributed by atoms with Crippen LogP contribution in [0.1, 0.15) is 18.4 Å². The van der Waals surface area contributed by atoms with Gasteiger partial charge in [-0.3, -0.25) is 0 Å². The third-order valence-corrected chi connectivity index (χ3v) is 6.05. The SMILES string of the molecule is O=C(NCc1cccc(F)c1)N1C[C@H]2COCC[C@@]2(O)[C@@H]2COCC[C@@H]21. The molecule has 0 unspecified atom stereocenters. The molecule has 6 nitrogen and oxygen atoms in total. The molecule has 2 amide bonds. The van der Waals surface area contributed by atoms with Gasteiger partial charge in [0.15, 0.2) is 0 Å². The second-order valence-electron chi connectivity index (χ2n) is 7.49. The molecule has 3 saturated heterocycles. The van der Waals surface area contributed by atoms with E-state index in [1.165, 1.54) is 12.1 Å². The van der Waals surface area contributed by atoms with Gasteiger partial charge in [-0.25, -0.2) is 9.18 Å². The van der Waals surface area contributed by atoms with Crippen molar-refractivity contribution in [2.45, 2.75) is 31.0 Å². The fourth-order valence-corrected chi connectivity index (χ4v) is 4.62. The minimum absolute atomic E-state index is 0.0457. The molecule has 4 atom stereocenters. The van der Waals surface area contributed by atoms with Gasteiger partial charge in [-0.2, -0.15) is 0 Å². The topological polar surface area (TPSA) is 71.0 Å². The monoisotopic (exact) mass is 364 g/mol. The van der Waals surface area contributed by atoms with Crippen LogP contribution in [0.3, 0.4) is 0 Å². The number of amides is 2. The number of carbonyl (C=O) groups is 1. The van der Waals surface area contributed by atoms with Crippen molar-refractivity contribution >= 4 is 6.03 Å². The van der Waals surface area contributed by atoms with Crippen molar-refractivity contribution in [2.75, 3.05) is 33.0 Å². The fraction of sp³-hybridized carbons (Fsp3) is 0.632. The Bertz CT molecular complexity index is 673. The molecule has 0 radical (unpaired) electrons. The van der Waals surface area contributed by atoms with E-state index >= 15 is 0 Å². The lowest BCUT2D eigenvalue weighted by atomic mass is 9.66. The normalized spacial score (nSPS) is 33.9. The Hall–Kier alpha value is -1.70. The maximum atomic E-state index is 13.3. The molecule has 142 valence electrons. The van der Waals surface area contributed by atoms with E-state index in [4.69, 9.17) is 9.47 Å². The van der Waals surface area contributed by atoms with Gasteiger partial charge in [0.1, 0.15) is 5.82 Å². The number of carbonyl (C=O) groups excluding carboxylic acids is 1. The van der Waals surface area contributed by atoms with E-state index in [0.717, 1.165) is 5.56 Å². The summed E-state index contributed by atoms with van der Waals surface area (Å²) in [6.07, 6.45) is 1.30. The number of fused-ring (bicyclic) bond motifs is 3. The first kappa shape index (κ1) is 17.7. The van der Waals surface area contributed by atoms with Crippen molar-refractivity contribution in [3.05, 3.63) is 35.6 Å². The number of aliphatic hydroxyl groups is 1. The average molecular weight is 364 g/mol. The Morgan fingerprint density at radius 3 is 3.04 bits per heavy atom. The average Bonchev–Trinajstić information content (AvgIpc) is 2.66. The molecular formula is C19H25FN2O4. The first-order valence-corrected chi connectivity index (χ1v) is 9.25. The predicted molar refractivity (Wildman–Crippen MR) is 91.9 cm³/mol. The van der Waals surface area contributed by atoms with Gasteiger partial charge in [-0.15, -0.1) is 0 Å². The van der Waals surface area contributed by atoms with Crippen LogP contribution in [-0.4, -0.2) is 60.7 Å². The van der Waals surface area contributed by atoms with Gasteiger partial charge in [-0.1, -0.05) is 12.1 Å². The van der Waals surface area contributed by atoms with Gasteiger partial charge in [-0.05, 0) is 24.1 Å². The third-order valence-electron chi connectivity index (χ3n) is 6.05. The lowest BCUT2D eigenvalue weighted by molar-refractivity contribution is -0.211. The van der Waals surface area contributed by atoms with Crippen molar-refractivity contribution in [3.8, 4) is 0 Å². The lowest BCUT2D eigenvalue weighted by Gasteiger charge is -2.56. The van der Waals surface area contributed by atoms with E-state index in [-0.39, 0.29) is 36.3 Å². The molecule has 4 rings (SSSR count). The molecule has 7 heteroatoms. The summed E-state index contributed by atoms with van der Waals surface area (Å²) < 4.78 is 24.5. The molecule has 0 bridgehead atoms. The number of hydrogen-bond donors (Lipinski definition) is 2. The highest BCUT2D eigenvalue weighted by Crippen LogP contribution is 2.44. The molecule has 3 fully saturated rings. The fourth-order valence-electron chi connectivity index (χ4n) is 4.62. The van der Waals surface area contributed by atoms with Crippen LogP contribution in [0.15, 0.2) is 24.3 Å². The van der Waals surface area contributed by atoms with Crippen molar-refractivity contribution in [2.24, 2.45) is 11.8 Å². The number of nitrogens with one attached hydrogen (secondary N) is 1. The minimum Gasteiger partial charge on any atom is -0.389 e. The largest absolute Gasteiger partial charge is 0.389 e. The molecule has 0 saturated carbocycles. The third kappa shape index (κ3) is 3.19. The molecular weight excluding hydrogens is 339 g/mol. The predicted octanol–water partition coefficient (Wildman–Crippen LogP) is 1.52. The number of halogens is 1. The van der Waals surface area contributed by atoms with Crippen LogP contribution in [0.2, 0.25) is 0 Å². The van der Waals surface area contributed by atoms with Gasteiger partial charge in [0.05, 0.1) is 18.8 Å². The summed E-state index contributed by atoms with van der Waals surface area (Å²) in [5.41, 5.74) is -0.112. The maximum Gasteiger partial charge on any atom is 0.317 e. The summed E-state index contributed by atoms with van der Waals surface area (Å²) in [7, 11) is 0. The summed E-state index contributed by atoms with van der Waals surface area (Å²) in [6, 6.07) is 5.99. The number of rotatable bonds is 2. The number of hydrogen-bond acceptors (Lipinski definition) is 4. The molecule has 3 aliphatic rings. The summed E-state index contributed by atoms with van der Waals surface area (Å²) in [6.45, 7) is 2.78. The number of piperidine rings is 1. The molecule has 26 heavy (non-hydrogen) atoms. The smallest absolute Gasteiger partial charge is 0.317 e. The Morgan fingerprint density at radius 2 is 2.19 bits per heavy atom. The zero-order valence-corrected chi connectivity index (χ0v) is 14.7. The summed E-state index contributed by atoms with van der Waals surface area (Å²) in [4.78, 5) is 14.7. The van der Waals surface area contributed by atoms with Crippen molar-refractivity contribution in [3.63, 3.8) is 0 Å². The quantitative estimate of drug-likeness (QED) is 0.835. The molecule has 0 aliphatic carbocycles. The molecule has 1 aromatic rings. The van der Waals surface area contributed by atoms with Gasteiger partial charge in [0.2, 0.25) is 0 Å². The van der Waals surface area contributed by atoms with Gasteiger partial charge in [0, 0.05) is 50.6 Å².